The van der Waals surface area contributed by atoms with Crippen LogP contribution in [0.3, 0.4) is 0 Å². The van der Waals surface area contributed by atoms with Gasteiger partial charge in [-0.15, -0.1) is 10.2 Å². The average Bonchev–Trinajstić information content (AvgIpc) is 3.14. The molecule has 1 saturated heterocycles. The van der Waals surface area contributed by atoms with E-state index in [4.69, 9.17) is 16.3 Å². The fourth-order valence-electron chi connectivity index (χ4n) is 3.66. The SMILES string of the molecule is Cn1cnnc1[C@@H]1CN([C@@H]2CCc3c(Cl)cccc32)CCO1. The summed E-state index contributed by atoms with van der Waals surface area (Å²) in [6.07, 6.45) is 3.91. The first-order chi connectivity index (χ1) is 10.7. The lowest BCUT2D eigenvalue weighted by molar-refractivity contribution is -0.0505. The summed E-state index contributed by atoms with van der Waals surface area (Å²) in [7, 11) is 1.96. The van der Waals surface area contributed by atoms with Gasteiger partial charge in [0.05, 0.1) is 6.61 Å². The number of morpholine rings is 1. The molecule has 2 aromatic rings. The third-order valence-corrected chi connectivity index (χ3v) is 5.11. The molecule has 1 aliphatic carbocycles. The van der Waals surface area contributed by atoms with Crippen molar-refractivity contribution in [1.29, 1.82) is 0 Å². The number of fused-ring (bicyclic) bond motifs is 1. The molecule has 2 aliphatic rings. The van der Waals surface area contributed by atoms with Crippen molar-refractivity contribution in [1.82, 2.24) is 19.7 Å². The Morgan fingerprint density at radius 1 is 1.36 bits per heavy atom. The van der Waals surface area contributed by atoms with Crippen molar-refractivity contribution in [3.63, 3.8) is 0 Å². The van der Waals surface area contributed by atoms with Gasteiger partial charge in [-0.25, -0.2) is 0 Å². The topological polar surface area (TPSA) is 43.2 Å². The summed E-state index contributed by atoms with van der Waals surface area (Å²) in [5, 5.41) is 9.06. The number of hydrogen-bond donors (Lipinski definition) is 0. The Balaban J connectivity index is 1.57. The summed E-state index contributed by atoms with van der Waals surface area (Å²) in [5.74, 6) is 0.897. The minimum atomic E-state index is -0.00974. The van der Waals surface area contributed by atoms with E-state index in [0.717, 1.165) is 43.4 Å². The number of benzene rings is 1. The van der Waals surface area contributed by atoms with Crippen molar-refractivity contribution in [3.05, 3.63) is 46.5 Å². The summed E-state index contributed by atoms with van der Waals surface area (Å²) in [5.41, 5.74) is 2.70. The first kappa shape index (κ1) is 14.2. The van der Waals surface area contributed by atoms with E-state index in [9.17, 15) is 0 Å². The van der Waals surface area contributed by atoms with Gasteiger partial charge >= 0.3 is 0 Å². The van der Waals surface area contributed by atoms with Crippen LogP contribution in [0.1, 0.15) is 35.5 Å². The normalized spacial score (nSPS) is 25.4. The van der Waals surface area contributed by atoms with Gasteiger partial charge < -0.3 is 9.30 Å². The van der Waals surface area contributed by atoms with Gasteiger partial charge in [0.2, 0.25) is 0 Å². The quantitative estimate of drug-likeness (QED) is 0.853. The maximum Gasteiger partial charge on any atom is 0.163 e. The second-order valence-corrected chi connectivity index (χ2v) is 6.42. The molecule has 0 radical (unpaired) electrons. The van der Waals surface area contributed by atoms with Gasteiger partial charge in [0, 0.05) is 31.2 Å². The van der Waals surface area contributed by atoms with E-state index < -0.39 is 0 Å². The van der Waals surface area contributed by atoms with Crippen molar-refractivity contribution < 1.29 is 4.74 Å². The fraction of sp³-hybridized carbons (Fsp3) is 0.500. The molecule has 0 amide bonds. The van der Waals surface area contributed by atoms with Crippen LogP contribution in [-0.2, 0) is 18.2 Å². The molecule has 116 valence electrons. The highest BCUT2D eigenvalue weighted by Crippen LogP contribution is 2.40. The van der Waals surface area contributed by atoms with E-state index in [1.807, 2.05) is 17.7 Å². The van der Waals surface area contributed by atoms with Gasteiger partial charge in [-0.2, -0.15) is 0 Å². The van der Waals surface area contributed by atoms with Gasteiger partial charge in [-0.3, -0.25) is 4.90 Å². The molecule has 5 nitrogen and oxygen atoms in total. The van der Waals surface area contributed by atoms with Crippen LogP contribution in [0.15, 0.2) is 24.5 Å². The molecule has 0 unspecified atom stereocenters. The van der Waals surface area contributed by atoms with Gasteiger partial charge in [0.25, 0.3) is 0 Å². The third-order valence-electron chi connectivity index (χ3n) is 4.75. The number of ether oxygens (including phenoxy) is 1. The van der Waals surface area contributed by atoms with Crippen molar-refractivity contribution in [2.75, 3.05) is 19.7 Å². The predicted molar refractivity (Wildman–Crippen MR) is 83.8 cm³/mol. The highest BCUT2D eigenvalue weighted by molar-refractivity contribution is 6.31. The van der Waals surface area contributed by atoms with Crippen molar-refractivity contribution in [2.24, 2.45) is 7.05 Å². The van der Waals surface area contributed by atoms with E-state index >= 15 is 0 Å². The maximum atomic E-state index is 6.34. The largest absolute Gasteiger partial charge is 0.368 e. The Bertz CT molecular complexity index is 687. The molecule has 22 heavy (non-hydrogen) atoms. The van der Waals surface area contributed by atoms with Crippen molar-refractivity contribution >= 4 is 11.6 Å². The number of rotatable bonds is 2. The lowest BCUT2D eigenvalue weighted by atomic mass is 10.1. The molecular weight excluding hydrogens is 300 g/mol. The number of hydrogen-bond acceptors (Lipinski definition) is 4. The van der Waals surface area contributed by atoms with Gasteiger partial charge in [0.15, 0.2) is 5.82 Å². The fourth-order valence-corrected chi connectivity index (χ4v) is 3.94. The van der Waals surface area contributed by atoms with E-state index in [1.54, 1.807) is 6.33 Å². The minimum absolute atomic E-state index is 0.00974. The number of aromatic nitrogens is 3. The summed E-state index contributed by atoms with van der Waals surface area (Å²) >= 11 is 6.34. The lowest BCUT2D eigenvalue weighted by Crippen LogP contribution is -2.40. The molecular formula is C16H19ClN4O. The van der Waals surface area contributed by atoms with Gasteiger partial charge in [0.1, 0.15) is 12.4 Å². The second-order valence-electron chi connectivity index (χ2n) is 6.02. The molecule has 0 N–H and O–H groups in total. The van der Waals surface area contributed by atoms with Crippen LogP contribution < -0.4 is 0 Å². The zero-order valence-electron chi connectivity index (χ0n) is 12.6. The smallest absolute Gasteiger partial charge is 0.163 e. The highest BCUT2D eigenvalue weighted by Gasteiger charge is 2.34. The molecule has 1 aromatic heterocycles. The first-order valence-corrected chi connectivity index (χ1v) is 8.08. The summed E-state index contributed by atoms with van der Waals surface area (Å²) < 4.78 is 7.85. The number of halogens is 1. The second kappa shape index (κ2) is 5.65. The molecule has 1 fully saturated rings. The van der Waals surface area contributed by atoms with Crippen LogP contribution in [-0.4, -0.2) is 39.4 Å². The highest BCUT2D eigenvalue weighted by atomic mass is 35.5. The minimum Gasteiger partial charge on any atom is -0.368 e. The Morgan fingerprint density at radius 3 is 3.09 bits per heavy atom. The average molecular weight is 319 g/mol. The van der Waals surface area contributed by atoms with Crippen LogP contribution in [0.2, 0.25) is 5.02 Å². The van der Waals surface area contributed by atoms with Crippen LogP contribution in [0, 0.1) is 0 Å². The zero-order chi connectivity index (χ0) is 15.1. The zero-order valence-corrected chi connectivity index (χ0v) is 13.3. The summed E-state index contributed by atoms with van der Waals surface area (Å²) in [6, 6.07) is 6.70. The molecule has 4 rings (SSSR count). The van der Waals surface area contributed by atoms with Crippen molar-refractivity contribution in [3.8, 4) is 0 Å². The third kappa shape index (κ3) is 2.33. The van der Waals surface area contributed by atoms with Crippen LogP contribution in [0.5, 0.6) is 0 Å². The Morgan fingerprint density at radius 2 is 2.27 bits per heavy atom. The number of aryl methyl sites for hydroxylation is 1. The van der Waals surface area contributed by atoms with Crippen molar-refractivity contribution in [2.45, 2.75) is 25.0 Å². The molecule has 2 heterocycles. The molecule has 2 atom stereocenters. The van der Waals surface area contributed by atoms with E-state index in [0.29, 0.717) is 6.04 Å². The maximum absolute atomic E-state index is 6.34. The Labute approximate surface area is 134 Å². The van der Waals surface area contributed by atoms with E-state index in [1.165, 1.54) is 11.1 Å². The van der Waals surface area contributed by atoms with Crippen LogP contribution in [0.4, 0.5) is 0 Å². The Hall–Kier alpha value is -1.43. The summed E-state index contributed by atoms with van der Waals surface area (Å²) in [4.78, 5) is 2.50. The molecule has 1 aliphatic heterocycles. The Kier molecular flexibility index (Phi) is 3.64. The van der Waals surface area contributed by atoms with Crippen LogP contribution >= 0.6 is 11.6 Å². The molecule has 1 aromatic carbocycles. The van der Waals surface area contributed by atoms with Crippen LogP contribution in [0.25, 0.3) is 0 Å². The molecule has 0 saturated carbocycles. The standard InChI is InChI=1S/C16H19ClN4O/c1-20-10-18-19-16(20)15-9-21(7-8-22-15)14-6-5-11-12(14)3-2-4-13(11)17/h2-4,10,14-15H,5-9H2,1H3/t14-,15+/m1/s1. The first-order valence-electron chi connectivity index (χ1n) is 7.71. The predicted octanol–water partition coefficient (Wildman–Crippen LogP) is 2.53. The van der Waals surface area contributed by atoms with E-state index in [2.05, 4.69) is 27.2 Å². The monoisotopic (exact) mass is 318 g/mol. The summed E-state index contributed by atoms with van der Waals surface area (Å²) in [6.45, 7) is 2.53. The van der Waals surface area contributed by atoms with E-state index in [-0.39, 0.29) is 6.10 Å². The van der Waals surface area contributed by atoms with Gasteiger partial charge in [-0.05, 0) is 30.0 Å². The molecule has 6 heteroatoms. The molecule has 0 spiro atoms. The lowest BCUT2D eigenvalue weighted by Gasteiger charge is -2.36. The molecule has 0 bridgehead atoms. The number of nitrogens with zero attached hydrogens (tertiary/aromatic N) is 4. The van der Waals surface area contributed by atoms with Gasteiger partial charge in [-0.1, -0.05) is 23.7 Å².